The highest BCUT2D eigenvalue weighted by Gasteiger charge is 2.13. The summed E-state index contributed by atoms with van der Waals surface area (Å²) in [7, 11) is 0. The Labute approximate surface area is 94.4 Å². The molecule has 0 aliphatic rings. The van der Waals surface area contributed by atoms with Crippen LogP contribution in [-0.2, 0) is 4.74 Å². The second-order valence-corrected chi connectivity index (χ2v) is 3.38. The van der Waals surface area contributed by atoms with Crippen LogP contribution in [0.15, 0.2) is 16.5 Å². The van der Waals surface area contributed by atoms with Gasteiger partial charge in [0, 0.05) is 13.2 Å². The van der Waals surface area contributed by atoms with Gasteiger partial charge in [0.05, 0.1) is 12.6 Å². The van der Waals surface area contributed by atoms with E-state index < -0.39 is 5.97 Å². The molecule has 5 nitrogen and oxygen atoms in total. The van der Waals surface area contributed by atoms with Gasteiger partial charge in [-0.05, 0) is 26.0 Å². The fourth-order valence-electron chi connectivity index (χ4n) is 1.29. The summed E-state index contributed by atoms with van der Waals surface area (Å²) in [6.45, 7) is 5.89. The highest BCUT2D eigenvalue weighted by Crippen LogP contribution is 2.15. The molecule has 0 radical (unpaired) electrons. The van der Waals surface area contributed by atoms with E-state index in [9.17, 15) is 4.79 Å². The van der Waals surface area contributed by atoms with Gasteiger partial charge in [0.2, 0.25) is 5.76 Å². The molecular formula is C11H17NO4. The number of ether oxygens (including phenoxy) is 1. The van der Waals surface area contributed by atoms with Crippen molar-refractivity contribution in [3.05, 3.63) is 23.7 Å². The standard InChI is InChI=1S/C11H17NO4/c1-3-15-7-6-12-8(2)9-4-5-10(16-9)11(13)14/h4-5,8,12H,3,6-7H2,1-2H3,(H,13,14). The number of hydrogen-bond donors (Lipinski definition) is 2. The lowest BCUT2D eigenvalue weighted by Crippen LogP contribution is -2.22. The van der Waals surface area contributed by atoms with Gasteiger partial charge >= 0.3 is 5.97 Å². The van der Waals surface area contributed by atoms with Gasteiger partial charge < -0.3 is 19.6 Å². The summed E-state index contributed by atoms with van der Waals surface area (Å²) in [5.74, 6) is -0.463. The van der Waals surface area contributed by atoms with Crippen LogP contribution < -0.4 is 5.32 Å². The van der Waals surface area contributed by atoms with Crippen molar-refractivity contribution in [3.63, 3.8) is 0 Å². The number of nitrogens with one attached hydrogen (secondary N) is 1. The third-order valence-electron chi connectivity index (χ3n) is 2.17. The molecule has 90 valence electrons. The number of aromatic carboxylic acids is 1. The quantitative estimate of drug-likeness (QED) is 0.693. The molecule has 1 aromatic heterocycles. The summed E-state index contributed by atoms with van der Waals surface area (Å²) in [5, 5.41) is 11.9. The van der Waals surface area contributed by atoms with Crippen LogP contribution in [0.2, 0.25) is 0 Å². The monoisotopic (exact) mass is 227 g/mol. The van der Waals surface area contributed by atoms with Crippen molar-refractivity contribution in [1.29, 1.82) is 0 Å². The maximum atomic E-state index is 10.6. The highest BCUT2D eigenvalue weighted by atomic mass is 16.5. The fraction of sp³-hybridized carbons (Fsp3) is 0.545. The van der Waals surface area contributed by atoms with E-state index in [4.69, 9.17) is 14.3 Å². The summed E-state index contributed by atoms with van der Waals surface area (Å²) < 4.78 is 10.3. The number of carbonyl (C=O) groups is 1. The molecule has 1 atom stereocenters. The average Bonchev–Trinajstić information content (AvgIpc) is 2.73. The molecular weight excluding hydrogens is 210 g/mol. The maximum Gasteiger partial charge on any atom is 0.371 e. The van der Waals surface area contributed by atoms with Crippen LogP contribution in [0.25, 0.3) is 0 Å². The second kappa shape index (κ2) is 6.30. The molecule has 5 heteroatoms. The van der Waals surface area contributed by atoms with Crippen LogP contribution >= 0.6 is 0 Å². The van der Waals surface area contributed by atoms with Gasteiger partial charge in [0.1, 0.15) is 5.76 Å². The Balaban J connectivity index is 2.40. The fourth-order valence-corrected chi connectivity index (χ4v) is 1.29. The average molecular weight is 227 g/mol. The molecule has 1 aromatic rings. The van der Waals surface area contributed by atoms with Crippen LogP contribution in [0.1, 0.15) is 36.2 Å². The lowest BCUT2D eigenvalue weighted by molar-refractivity contribution is 0.0659. The normalized spacial score (nSPS) is 12.6. The predicted octanol–water partition coefficient (Wildman–Crippen LogP) is 1.66. The largest absolute Gasteiger partial charge is 0.475 e. The Hall–Kier alpha value is -1.33. The number of rotatable bonds is 7. The zero-order chi connectivity index (χ0) is 12.0. The minimum Gasteiger partial charge on any atom is -0.475 e. The van der Waals surface area contributed by atoms with Crippen molar-refractivity contribution in [1.82, 2.24) is 5.32 Å². The lowest BCUT2D eigenvalue weighted by Gasteiger charge is -2.10. The Kier molecular flexibility index (Phi) is 5.01. The van der Waals surface area contributed by atoms with E-state index in [1.807, 2.05) is 13.8 Å². The van der Waals surface area contributed by atoms with E-state index in [0.717, 1.165) is 0 Å². The molecule has 1 rings (SSSR count). The van der Waals surface area contributed by atoms with E-state index in [0.29, 0.717) is 25.5 Å². The summed E-state index contributed by atoms with van der Waals surface area (Å²) in [4.78, 5) is 10.6. The Bertz CT molecular complexity index is 334. The smallest absolute Gasteiger partial charge is 0.371 e. The number of carboxylic acid groups (broad SMARTS) is 1. The molecule has 0 aromatic carbocycles. The molecule has 0 fully saturated rings. The van der Waals surface area contributed by atoms with Gasteiger partial charge in [0.25, 0.3) is 0 Å². The van der Waals surface area contributed by atoms with Crippen molar-refractivity contribution in [3.8, 4) is 0 Å². The van der Waals surface area contributed by atoms with E-state index in [1.165, 1.54) is 6.07 Å². The molecule has 0 aliphatic carbocycles. The van der Waals surface area contributed by atoms with Crippen LogP contribution in [0.5, 0.6) is 0 Å². The van der Waals surface area contributed by atoms with E-state index in [2.05, 4.69) is 5.32 Å². The number of hydrogen-bond acceptors (Lipinski definition) is 4. The first-order valence-corrected chi connectivity index (χ1v) is 5.29. The van der Waals surface area contributed by atoms with Crippen LogP contribution in [0, 0.1) is 0 Å². The predicted molar refractivity (Wildman–Crippen MR) is 58.6 cm³/mol. The SMILES string of the molecule is CCOCCNC(C)c1ccc(C(=O)O)o1. The number of carboxylic acids is 1. The third-order valence-corrected chi connectivity index (χ3v) is 2.17. The maximum absolute atomic E-state index is 10.6. The van der Waals surface area contributed by atoms with Gasteiger partial charge in [-0.2, -0.15) is 0 Å². The summed E-state index contributed by atoms with van der Waals surface area (Å²) >= 11 is 0. The first-order chi connectivity index (χ1) is 7.65. The molecule has 0 saturated carbocycles. The van der Waals surface area contributed by atoms with Crippen LogP contribution in [0.3, 0.4) is 0 Å². The molecule has 0 aliphatic heterocycles. The summed E-state index contributed by atoms with van der Waals surface area (Å²) in [5.41, 5.74) is 0. The Morgan fingerprint density at radius 2 is 2.38 bits per heavy atom. The first-order valence-electron chi connectivity index (χ1n) is 5.29. The van der Waals surface area contributed by atoms with Gasteiger partial charge in [-0.1, -0.05) is 0 Å². The minimum atomic E-state index is -1.05. The van der Waals surface area contributed by atoms with Crippen molar-refractivity contribution >= 4 is 5.97 Å². The molecule has 0 spiro atoms. The van der Waals surface area contributed by atoms with Crippen molar-refractivity contribution < 1.29 is 19.1 Å². The summed E-state index contributed by atoms with van der Waals surface area (Å²) in [6, 6.07) is 3.11. The Morgan fingerprint density at radius 3 is 2.94 bits per heavy atom. The molecule has 1 heterocycles. The molecule has 0 bridgehead atoms. The van der Waals surface area contributed by atoms with Crippen LogP contribution in [0.4, 0.5) is 0 Å². The van der Waals surface area contributed by atoms with Crippen molar-refractivity contribution in [2.75, 3.05) is 19.8 Å². The van der Waals surface area contributed by atoms with E-state index in [-0.39, 0.29) is 11.8 Å². The van der Waals surface area contributed by atoms with Crippen molar-refractivity contribution in [2.45, 2.75) is 19.9 Å². The van der Waals surface area contributed by atoms with Gasteiger partial charge in [-0.3, -0.25) is 0 Å². The highest BCUT2D eigenvalue weighted by molar-refractivity contribution is 5.84. The zero-order valence-corrected chi connectivity index (χ0v) is 9.53. The van der Waals surface area contributed by atoms with Crippen LogP contribution in [-0.4, -0.2) is 30.8 Å². The van der Waals surface area contributed by atoms with E-state index >= 15 is 0 Å². The summed E-state index contributed by atoms with van der Waals surface area (Å²) in [6.07, 6.45) is 0. The minimum absolute atomic E-state index is 0.0199. The number of furan rings is 1. The molecule has 1 unspecified atom stereocenters. The van der Waals surface area contributed by atoms with Gasteiger partial charge in [0.15, 0.2) is 0 Å². The Morgan fingerprint density at radius 1 is 1.62 bits per heavy atom. The van der Waals surface area contributed by atoms with E-state index in [1.54, 1.807) is 6.07 Å². The topological polar surface area (TPSA) is 71.7 Å². The molecule has 0 amide bonds. The first kappa shape index (κ1) is 12.7. The van der Waals surface area contributed by atoms with Crippen molar-refractivity contribution in [2.24, 2.45) is 0 Å². The molecule has 16 heavy (non-hydrogen) atoms. The third kappa shape index (κ3) is 3.67. The second-order valence-electron chi connectivity index (χ2n) is 3.38. The lowest BCUT2D eigenvalue weighted by atomic mass is 10.2. The molecule has 2 N–H and O–H groups in total. The zero-order valence-electron chi connectivity index (χ0n) is 9.53. The molecule has 0 saturated heterocycles. The van der Waals surface area contributed by atoms with Gasteiger partial charge in [-0.25, -0.2) is 4.79 Å². The van der Waals surface area contributed by atoms with Gasteiger partial charge in [-0.15, -0.1) is 0 Å².